The van der Waals surface area contributed by atoms with Crippen LogP contribution in [0.15, 0.2) is 41.4 Å². The third-order valence-corrected chi connectivity index (χ3v) is 4.64. The Morgan fingerprint density at radius 1 is 1.19 bits per heavy atom. The molecule has 0 aliphatic carbocycles. The number of aliphatic imine (C=N–C) groups is 1. The number of H-pyrrole nitrogens is 1. The number of hydrogen-bond donors (Lipinski definition) is 3. The van der Waals surface area contributed by atoms with E-state index in [4.69, 9.17) is 0 Å². The fourth-order valence-electron chi connectivity index (χ4n) is 3.46. The lowest BCUT2D eigenvalue weighted by Gasteiger charge is -2.20. The zero-order valence-corrected chi connectivity index (χ0v) is 16.7. The van der Waals surface area contributed by atoms with Crippen molar-refractivity contribution >= 4 is 28.5 Å². The zero-order valence-electron chi connectivity index (χ0n) is 16.7. The first-order valence-corrected chi connectivity index (χ1v) is 9.21. The van der Waals surface area contributed by atoms with Crippen molar-refractivity contribution in [2.45, 2.75) is 26.8 Å². The highest BCUT2D eigenvalue weighted by atomic mass is 16.3. The number of nitrogens with one attached hydrogen (secondary N) is 2. The molecule has 0 saturated carbocycles. The molecule has 5 nitrogen and oxygen atoms in total. The Kier molecular flexibility index (Phi) is 5.51. The minimum atomic E-state index is 0.149. The third kappa shape index (κ3) is 4.31. The second-order valence-corrected chi connectivity index (χ2v) is 7.45. The molecule has 0 fully saturated rings. The summed E-state index contributed by atoms with van der Waals surface area (Å²) in [6, 6.07) is 12.4. The first-order valence-electron chi connectivity index (χ1n) is 9.21. The minimum Gasteiger partial charge on any atom is -0.494 e. The van der Waals surface area contributed by atoms with Gasteiger partial charge in [-0.1, -0.05) is 12.1 Å². The first-order chi connectivity index (χ1) is 12.8. The monoisotopic (exact) mass is 364 g/mol. The number of aromatic hydroxyl groups is 1. The van der Waals surface area contributed by atoms with Gasteiger partial charge in [0.1, 0.15) is 0 Å². The van der Waals surface area contributed by atoms with E-state index in [1.54, 1.807) is 6.21 Å². The van der Waals surface area contributed by atoms with Crippen LogP contribution in [0.3, 0.4) is 0 Å². The molecule has 0 saturated heterocycles. The summed E-state index contributed by atoms with van der Waals surface area (Å²) in [4.78, 5) is 9.77. The fourth-order valence-corrected chi connectivity index (χ4v) is 3.46. The molecule has 0 amide bonds. The van der Waals surface area contributed by atoms with Crippen LogP contribution >= 0.6 is 0 Å². The second kappa shape index (κ2) is 7.84. The van der Waals surface area contributed by atoms with Gasteiger partial charge in [-0.15, -0.1) is 0 Å². The molecule has 0 aliphatic rings. The summed E-state index contributed by atoms with van der Waals surface area (Å²) in [5, 5.41) is 14.8. The number of likely N-dealkylation sites (N-methyl/N-ethyl adjacent to an activating group) is 1. The van der Waals surface area contributed by atoms with Crippen LogP contribution in [0, 0.1) is 13.8 Å². The fraction of sp³-hybridized carbons (Fsp3) is 0.318. The van der Waals surface area contributed by atoms with Crippen LogP contribution < -0.4 is 5.32 Å². The number of aromatic amines is 1. The number of hydrogen-bond acceptors (Lipinski definition) is 4. The number of aromatic nitrogens is 1. The Bertz CT molecular complexity index is 972. The van der Waals surface area contributed by atoms with Gasteiger partial charge < -0.3 is 20.3 Å². The Labute approximate surface area is 160 Å². The topological polar surface area (TPSA) is 63.7 Å². The molecule has 1 atom stereocenters. The van der Waals surface area contributed by atoms with Crippen LogP contribution in [-0.4, -0.2) is 47.9 Å². The molecule has 0 radical (unpaired) electrons. The van der Waals surface area contributed by atoms with Crippen molar-refractivity contribution in [1.29, 1.82) is 0 Å². The van der Waals surface area contributed by atoms with Gasteiger partial charge >= 0.3 is 0 Å². The molecule has 1 aromatic heterocycles. The smallest absolute Gasteiger partial charge is 0.198 e. The van der Waals surface area contributed by atoms with E-state index in [0.29, 0.717) is 6.04 Å². The number of fused-ring (bicyclic) bond motifs is 1. The average molecular weight is 364 g/mol. The summed E-state index contributed by atoms with van der Waals surface area (Å²) in [5.41, 5.74) is 5.88. The van der Waals surface area contributed by atoms with Gasteiger partial charge in [-0.2, -0.15) is 0 Å². The van der Waals surface area contributed by atoms with Crippen molar-refractivity contribution in [2.75, 3.05) is 26.0 Å². The van der Waals surface area contributed by atoms with Crippen molar-refractivity contribution in [3.05, 3.63) is 53.1 Å². The molecule has 5 heteroatoms. The lowest BCUT2D eigenvalue weighted by atomic mass is 10.1. The number of rotatable bonds is 6. The summed E-state index contributed by atoms with van der Waals surface area (Å²) in [6.45, 7) is 7.26. The van der Waals surface area contributed by atoms with Crippen molar-refractivity contribution in [1.82, 2.24) is 9.88 Å². The first kappa shape index (κ1) is 19.0. The zero-order chi connectivity index (χ0) is 19.6. The van der Waals surface area contributed by atoms with Crippen LogP contribution in [0.4, 0.5) is 11.4 Å². The third-order valence-electron chi connectivity index (χ3n) is 4.64. The van der Waals surface area contributed by atoms with Crippen LogP contribution in [0.1, 0.15) is 23.6 Å². The summed E-state index contributed by atoms with van der Waals surface area (Å²) >= 11 is 0. The summed E-state index contributed by atoms with van der Waals surface area (Å²) in [6.07, 6.45) is 1.73. The van der Waals surface area contributed by atoms with Crippen LogP contribution in [0.2, 0.25) is 0 Å². The molecule has 0 spiro atoms. The maximum absolute atomic E-state index is 10.2. The van der Waals surface area contributed by atoms with Gasteiger partial charge in [0.05, 0.1) is 11.3 Å². The molecule has 1 heterocycles. The maximum Gasteiger partial charge on any atom is 0.198 e. The minimum absolute atomic E-state index is 0.149. The lowest BCUT2D eigenvalue weighted by molar-refractivity contribution is 0.392. The molecule has 2 aromatic carbocycles. The van der Waals surface area contributed by atoms with E-state index in [1.165, 1.54) is 0 Å². The highest BCUT2D eigenvalue weighted by Gasteiger charge is 2.11. The quantitative estimate of drug-likeness (QED) is 0.560. The standard InChI is InChI=1S/C22H28N4O/c1-14-7-6-8-20-21(14)18(22(27)25-20)12-23-17-9-10-19(15(2)11-17)24-16(3)13-26(4)5/h6-12,16,24-25,27H,13H2,1-5H3. The SMILES string of the molecule is Cc1cc(N=Cc2c(O)[nH]c3cccc(C)c23)ccc1NC(C)CN(C)C. The van der Waals surface area contributed by atoms with Gasteiger partial charge in [0.25, 0.3) is 0 Å². The molecule has 0 aliphatic heterocycles. The second-order valence-electron chi connectivity index (χ2n) is 7.45. The van der Waals surface area contributed by atoms with Gasteiger partial charge in [-0.3, -0.25) is 4.99 Å². The van der Waals surface area contributed by atoms with Crippen molar-refractivity contribution in [3.63, 3.8) is 0 Å². The van der Waals surface area contributed by atoms with E-state index in [0.717, 1.165) is 45.5 Å². The normalized spacial score (nSPS) is 13.0. The van der Waals surface area contributed by atoms with E-state index < -0.39 is 0 Å². The molecule has 3 aromatic rings. The Balaban J connectivity index is 1.83. The van der Waals surface area contributed by atoms with Crippen LogP contribution in [-0.2, 0) is 0 Å². The Morgan fingerprint density at radius 2 is 1.96 bits per heavy atom. The highest BCUT2D eigenvalue weighted by molar-refractivity contribution is 6.04. The van der Waals surface area contributed by atoms with Gasteiger partial charge in [-0.25, -0.2) is 0 Å². The molecule has 27 heavy (non-hydrogen) atoms. The summed E-state index contributed by atoms with van der Waals surface area (Å²) in [7, 11) is 4.15. The number of anilines is 1. The maximum atomic E-state index is 10.2. The predicted molar refractivity (Wildman–Crippen MR) is 115 cm³/mol. The molecule has 142 valence electrons. The molecule has 0 bridgehead atoms. The van der Waals surface area contributed by atoms with Crippen LogP contribution in [0.5, 0.6) is 5.88 Å². The average Bonchev–Trinajstić information content (AvgIpc) is 2.91. The van der Waals surface area contributed by atoms with Crippen LogP contribution in [0.25, 0.3) is 10.9 Å². The van der Waals surface area contributed by atoms with Gasteiger partial charge in [-0.05, 0) is 70.3 Å². The number of nitrogens with zero attached hydrogens (tertiary/aromatic N) is 2. The van der Waals surface area contributed by atoms with E-state index in [-0.39, 0.29) is 5.88 Å². The molecular weight excluding hydrogens is 336 g/mol. The Morgan fingerprint density at radius 3 is 2.67 bits per heavy atom. The van der Waals surface area contributed by atoms with Gasteiger partial charge in [0.2, 0.25) is 0 Å². The highest BCUT2D eigenvalue weighted by Crippen LogP contribution is 2.29. The van der Waals surface area contributed by atoms with E-state index in [1.807, 2.05) is 31.2 Å². The lowest BCUT2D eigenvalue weighted by Crippen LogP contribution is -2.29. The van der Waals surface area contributed by atoms with E-state index in [2.05, 4.69) is 60.3 Å². The Hall–Kier alpha value is -2.79. The number of benzene rings is 2. The van der Waals surface area contributed by atoms with Gasteiger partial charge in [0.15, 0.2) is 5.88 Å². The number of aryl methyl sites for hydroxylation is 2. The molecule has 3 rings (SSSR count). The largest absolute Gasteiger partial charge is 0.494 e. The molecule has 1 unspecified atom stereocenters. The van der Waals surface area contributed by atoms with Crippen molar-refractivity contribution in [2.24, 2.45) is 4.99 Å². The van der Waals surface area contributed by atoms with E-state index >= 15 is 0 Å². The predicted octanol–water partition coefficient (Wildman–Crippen LogP) is 4.60. The van der Waals surface area contributed by atoms with Gasteiger partial charge in [0, 0.05) is 35.4 Å². The van der Waals surface area contributed by atoms with Crippen molar-refractivity contribution < 1.29 is 5.11 Å². The molecular formula is C22H28N4O. The molecule has 3 N–H and O–H groups in total. The summed E-state index contributed by atoms with van der Waals surface area (Å²) < 4.78 is 0. The summed E-state index contributed by atoms with van der Waals surface area (Å²) in [5.74, 6) is 0.149. The van der Waals surface area contributed by atoms with E-state index in [9.17, 15) is 5.11 Å². The van der Waals surface area contributed by atoms with Crippen molar-refractivity contribution in [3.8, 4) is 5.88 Å².